The summed E-state index contributed by atoms with van der Waals surface area (Å²) in [6.45, 7) is 2.93. The number of furan rings is 1. The average molecular weight is 414 g/mol. The van der Waals surface area contributed by atoms with E-state index in [1.165, 1.54) is 6.26 Å². The summed E-state index contributed by atoms with van der Waals surface area (Å²) in [7, 11) is 3.19. The van der Waals surface area contributed by atoms with Crippen LogP contribution in [0, 0.1) is 5.92 Å². The third kappa shape index (κ3) is 3.87. The molecule has 2 aliphatic rings. The van der Waals surface area contributed by atoms with Gasteiger partial charge in [-0.25, -0.2) is 0 Å². The van der Waals surface area contributed by atoms with Crippen molar-refractivity contribution in [2.45, 2.75) is 5.92 Å². The summed E-state index contributed by atoms with van der Waals surface area (Å²) in [6.07, 6.45) is 1.48. The Morgan fingerprint density at radius 3 is 2.50 bits per heavy atom. The van der Waals surface area contributed by atoms with Crippen LogP contribution in [0.15, 0.2) is 41.0 Å². The molecule has 30 heavy (non-hydrogen) atoms. The van der Waals surface area contributed by atoms with Crippen LogP contribution < -0.4 is 9.47 Å². The van der Waals surface area contributed by atoms with Gasteiger partial charge in [0.25, 0.3) is 5.91 Å². The fourth-order valence-electron chi connectivity index (χ4n) is 4.23. The number of morpholine rings is 1. The van der Waals surface area contributed by atoms with E-state index in [1.807, 2.05) is 23.1 Å². The largest absolute Gasteiger partial charge is 0.497 e. The molecule has 0 radical (unpaired) electrons. The number of amides is 2. The van der Waals surface area contributed by atoms with E-state index >= 15 is 0 Å². The maximum atomic E-state index is 13.4. The molecule has 2 amide bonds. The first kappa shape index (κ1) is 20.3. The molecule has 0 N–H and O–H groups in total. The SMILES string of the molecule is COc1ccc(C2CN(C(=O)c3ccco3)CC2C(=O)N2CCOCC2)c(OC)c1. The molecule has 160 valence electrons. The van der Waals surface area contributed by atoms with Crippen molar-refractivity contribution < 1.29 is 28.2 Å². The van der Waals surface area contributed by atoms with Crippen molar-refractivity contribution in [1.29, 1.82) is 0 Å². The number of carbonyl (C=O) groups is 2. The van der Waals surface area contributed by atoms with Gasteiger partial charge in [0.05, 0.1) is 39.6 Å². The number of nitrogens with zero attached hydrogens (tertiary/aromatic N) is 2. The maximum absolute atomic E-state index is 13.4. The highest BCUT2D eigenvalue weighted by Gasteiger charge is 2.44. The van der Waals surface area contributed by atoms with E-state index in [0.717, 1.165) is 5.56 Å². The first-order valence-electron chi connectivity index (χ1n) is 10.0. The van der Waals surface area contributed by atoms with Crippen LogP contribution in [0.25, 0.3) is 0 Å². The lowest BCUT2D eigenvalue weighted by molar-refractivity contribution is -0.139. The number of hydrogen-bond acceptors (Lipinski definition) is 6. The Morgan fingerprint density at radius 2 is 1.83 bits per heavy atom. The van der Waals surface area contributed by atoms with Gasteiger partial charge in [0, 0.05) is 43.7 Å². The highest BCUT2D eigenvalue weighted by molar-refractivity contribution is 5.93. The van der Waals surface area contributed by atoms with Crippen molar-refractivity contribution in [3.05, 3.63) is 47.9 Å². The van der Waals surface area contributed by atoms with Gasteiger partial charge in [0.15, 0.2) is 5.76 Å². The molecule has 8 heteroatoms. The Morgan fingerprint density at radius 1 is 1.03 bits per heavy atom. The smallest absolute Gasteiger partial charge is 0.289 e. The van der Waals surface area contributed by atoms with Crippen molar-refractivity contribution in [1.82, 2.24) is 9.80 Å². The monoisotopic (exact) mass is 414 g/mol. The standard InChI is InChI=1S/C22H26N2O6/c1-27-15-5-6-16(20(12-15)28-2)17-13-24(22(26)19-4-3-9-30-19)14-18(17)21(25)23-7-10-29-11-8-23/h3-6,9,12,17-18H,7-8,10-11,13-14H2,1-2H3. The predicted octanol–water partition coefficient (Wildman–Crippen LogP) is 2.01. The zero-order valence-corrected chi connectivity index (χ0v) is 17.2. The van der Waals surface area contributed by atoms with Crippen LogP contribution in [0.4, 0.5) is 0 Å². The number of likely N-dealkylation sites (tertiary alicyclic amines) is 1. The van der Waals surface area contributed by atoms with Gasteiger partial charge < -0.3 is 28.4 Å². The zero-order chi connectivity index (χ0) is 21.1. The Hall–Kier alpha value is -3.00. The summed E-state index contributed by atoms with van der Waals surface area (Å²) in [6, 6.07) is 8.91. The lowest BCUT2D eigenvalue weighted by atomic mass is 9.87. The number of ether oxygens (including phenoxy) is 3. The van der Waals surface area contributed by atoms with E-state index in [0.29, 0.717) is 50.9 Å². The number of rotatable bonds is 5. The molecule has 2 fully saturated rings. The summed E-state index contributed by atoms with van der Waals surface area (Å²) in [5, 5.41) is 0. The van der Waals surface area contributed by atoms with Crippen molar-refractivity contribution in [3.8, 4) is 11.5 Å². The van der Waals surface area contributed by atoms with E-state index in [2.05, 4.69) is 0 Å². The Bertz CT molecular complexity index is 891. The molecule has 0 aliphatic carbocycles. The fraction of sp³-hybridized carbons (Fsp3) is 0.455. The molecule has 1 aromatic carbocycles. The molecule has 8 nitrogen and oxygen atoms in total. The molecule has 3 heterocycles. The van der Waals surface area contributed by atoms with Crippen LogP contribution in [-0.4, -0.2) is 75.2 Å². The van der Waals surface area contributed by atoms with Crippen molar-refractivity contribution in [2.24, 2.45) is 5.92 Å². The minimum absolute atomic E-state index is 0.0379. The number of benzene rings is 1. The van der Waals surface area contributed by atoms with Crippen LogP contribution in [0.1, 0.15) is 22.0 Å². The molecule has 2 saturated heterocycles. The summed E-state index contributed by atoms with van der Waals surface area (Å²) < 4.78 is 21.6. The van der Waals surface area contributed by atoms with Crippen LogP contribution in [0.3, 0.4) is 0 Å². The molecule has 2 aliphatic heterocycles. The highest BCUT2D eigenvalue weighted by atomic mass is 16.5. The summed E-state index contributed by atoms with van der Waals surface area (Å²) >= 11 is 0. The third-order valence-corrected chi connectivity index (χ3v) is 5.82. The molecule has 0 saturated carbocycles. The first-order chi connectivity index (χ1) is 14.6. The van der Waals surface area contributed by atoms with Crippen molar-refractivity contribution in [3.63, 3.8) is 0 Å². The fourth-order valence-corrected chi connectivity index (χ4v) is 4.23. The third-order valence-electron chi connectivity index (χ3n) is 5.82. The molecule has 0 bridgehead atoms. The van der Waals surface area contributed by atoms with E-state index < -0.39 is 0 Å². The van der Waals surface area contributed by atoms with Gasteiger partial charge in [-0.15, -0.1) is 0 Å². The zero-order valence-electron chi connectivity index (χ0n) is 17.2. The average Bonchev–Trinajstić information content (AvgIpc) is 3.49. The highest BCUT2D eigenvalue weighted by Crippen LogP contribution is 2.40. The molecule has 2 atom stereocenters. The molecule has 2 aromatic rings. The van der Waals surface area contributed by atoms with Gasteiger partial charge in [0.1, 0.15) is 11.5 Å². The van der Waals surface area contributed by atoms with Gasteiger partial charge in [-0.3, -0.25) is 9.59 Å². The topological polar surface area (TPSA) is 81.5 Å². The summed E-state index contributed by atoms with van der Waals surface area (Å²) in [5.74, 6) is 0.851. The molecule has 2 unspecified atom stereocenters. The second kappa shape index (κ2) is 8.79. The van der Waals surface area contributed by atoms with Gasteiger partial charge in [0.2, 0.25) is 5.91 Å². The van der Waals surface area contributed by atoms with Gasteiger partial charge in [-0.2, -0.15) is 0 Å². The number of hydrogen-bond donors (Lipinski definition) is 0. The minimum Gasteiger partial charge on any atom is -0.497 e. The second-order valence-electron chi connectivity index (χ2n) is 7.45. The summed E-state index contributed by atoms with van der Waals surface area (Å²) in [5.41, 5.74) is 0.889. The van der Waals surface area contributed by atoms with E-state index in [9.17, 15) is 9.59 Å². The van der Waals surface area contributed by atoms with Crippen molar-refractivity contribution >= 4 is 11.8 Å². The van der Waals surface area contributed by atoms with Gasteiger partial charge in [-0.05, 0) is 18.2 Å². The number of carbonyl (C=O) groups excluding carboxylic acids is 2. The van der Waals surface area contributed by atoms with Crippen LogP contribution in [0.5, 0.6) is 11.5 Å². The lowest BCUT2D eigenvalue weighted by Gasteiger charge is -2.31. The quantitative estimate of drug-likeness (QED) is 0.745. The molecule has 1 aromatic heterocycles. The Kier molecular flexibility index (Phi) is 5.94. The van der Waals surface area contributed by atoms with Gasteiger partial charge in [-0.1, -0.05) is 6.07 Å². The van der Waals surface area contributed by atoms with Crippen LogP contribution in [0.2, 0.25) is 0 Å². The second-order valence-corrected chi connectivity index (χ2v) is 7.45. The molecular weight excluding hydrogens is 388 g/mol. The molecular formula is C22H26N2O6. The Balaban J connectivity index is 1.65. The van der Waals surface area contributed by atoms with E-state index in [4.69, 9.17) is 18.6 Å². The van der Waals surface area contributed by atoms with Gasteiger partial charge >= 0.3 is 0 Å². The normalized spacial score (nSPS) is 21.5. The van der Waals surface area contributed by atoms with Crippen LogP contribution >= 0.6 is 0 Å². The number of methoxy groups -OCH3 is 2. The maximum Gasteiger partial charge on any atom is 0.289 e. The minimum atomic E-state index is -0.371. The molecule has 0 spiro atoms. The summed E-state index contributed by atoms with van der Waals surface area (Å²) in [4.78, 5) is 29.8. The predicted molar refractivity (Wildman–Crippen MR) is 108 cm³/mol. The Labute approximate surface area is 175 Å². The van der Waals surface area contributed by atoms with E-state index in [1.54, 1.807) is 31.3 Å². The molecule has 4 rings (SSSR count). The lowest BCUT2D eigenvalue weighted by Crippen LogP contribution is -2.45. The van der Waals surface area contributed by atoms with Crippen LogP contribution in [-0.2, 0) is 9.53 Å². The first-order valence-corrected chi connectivity index (χ1v) is 10.0. The van der Waals surface area contributed by atoms with E-state index in [-0.39, 0.29) is 29.4 Å². The van der Waals surface area contributed by atoms with Crippen molar-refractivity contribution in [2.75, 3.05) is 53.6 Å².